The maximum absolute atomic E-state index is 7.30. The average molecular weight is 194 g/mol. The van der Waals surface area contributed by atoms with Crippen molar-refractivity contribution in [3.8, 4) is 0 Å². The molecule has 0 saturated carbocycles. The first-order valence-electron chi connectivity index (χ1n) is 4.28. The minimum atomic E-state index is -0.0366. The van der Waals surface area contributed by atoms with Gasteiger partial charge in [-0.2, -0.15) is 0 Å². The zero-order valence-electron chi connectivity index (χ0n) is 8.08. The van der Waals surface area contributed by atoms with E-state index in [2.05, 4.69) is 10.3 Å². The minimum absolute atomic E-state index is 0.0366. The molecule has 14 heavy (non-hydrogen) atoms. The van der Waals surface area contributed by atoms with E-state index >= 15 is 0 Å². The van der Waals surface area contributed by atoms with Gasteiger partial charge in [0.1, 0.15) is 11.5 Å². The molecule has 5 heteroatoms. The molecule has 5 nitrogen and oxygen atoms in total. The Balaban J connectivity index is 2.69. The third-order valence-electron chi connectivity index (χ3n) is 1.68. The molecule has 0 aliphatic heterocycles. The fraction of sp³-hybridized carbons (Fsp3) is 0.333. The minimum Gasteiger partial charge on any atom is -0.383 e. The predicted molar refractivity (Wildman–Crippen MR) is 55.6 cm³/mol. The summed E-state index contributed by atoms with van der Waals surface area (Å²) >= 11 is 0. The molecule has 0 unspecified atom stereocenters. The van der Waals surface area contributed by atoms with Gasteiger partial charge in [-0.25, -0.2) is 0 Å². The van der Waals surface area contributed by atoms with Crippen LogP contribution in [-0.4, -0.2) is 31.1 Å². The standard InChI is InChI=1S/C9H14N4O/c1-14-6-5-12-7-3-2-4-13-8(7)9(10)11/h2-4,12H,5-6H2,1H3,(H3,10,11). The van der Waals surface area contributed by atoms with Gasteiger partial charge in [-0.3, -0.25) is 10.4 Å². The Morgan fingerprint density at radius 1 is 1.71 bits per heavy atom. The SMILES string of the molecule is COCCNc1cccnc1C(=N)N. The number of aromatic nitrogens is 1. The van der Waals surface area contributed by atoms with Gasteiger partial charge in [0.05, 0.1) is 12.3 Å². The van der Waals surface area contributed by atoms with Crippen LogP contribution in [0.1, 0.15) is 5.69 Å². The molecule has 0 radical (unpaired) electrons. The smallest absolute Gasteiger partial charge is 0.143 e. The van der Waals surface area contributed by atoms with Gasteiger partial charge in [0.15, 0.2) is 0 Å². The van der Waals surface area contributed by atoms with Gasteiger partial charge in [-0.1, -0.05) is 0 Å². The van der Waals surface area contributed by atoms with E-state index in [0.717, 1.165) is 5.69 Å². The number of amidine groups is 1. The number of ether oxygens (including phenoxy) is 1. The molecule has 0 aliphatic rings. The topological polar surface area (TPSA) is 84.0 Å². The lowest BCUT2D eigenvalue weighted by Gasteiger charge is -2.08. The lowest BCUT2D eigenvalue weighted by Crippen LogP contribution is -2.17. The molecule has 1 rings (SSSR count). The molecular weight excluding hydrogens is 180 g/mol. The second-order valence-electron chi connectivity index (χ2n) is 2.73. The van der Waals surface area contributed by atoms with Gasteiger partial charge < -0.3 is 15.8 Å². The van der Waals surface area contributed by atoms with E-state index in [9.17, 15) is 0 Å². The van der Waals surface area contributed by atoms with E-state index in [-0.39, 0.29) is 5.84 Å². The second-order valence-corrected chi connectivity index (χ2v) is 2.73. The summed E-state index contributed by atoms with van der Waals surface area (Å²) in [6.45, 7) is 1.27. The number of rotatable bonds is 5. The molecule has 1 aromatic heterocycles. The van der Waals surface area contributed by atoms with E-state index < -0.39 is 0 Å². The fourth-order valence-corrected chi connectivity index (χ4v) is 1.05. The van der Waals surface area contributed by atoms with Crippen LogP contribution in [0.25, 0.3) is 0 Å². The first kappa shape index (κ1) is 10.5. The maximum atomic E-state index is 7.30. The van der Waals surface area contributed by atoms with Crippen molar-refractivity contribution in [2.45, 2.75) is 0 Å². The summed E-state index contributed by atoms with van der Waals surface area (Å²) in [5, 5.41) is 10.4. The molecular formula is C9H14N4O. The van der Waals surface area contributed by atoms with Crippen molar-refractivity contribution in [1.29, 1.82) is 5.41 Å². The molecule has 0 fully saturated rings. The van der Waals surface area contributed by atoms with Gasteiger partial charge in [-0.15, -0.1) is 0 Å². The quantitative estimate of drug-likeness (QED) is 0.360. The number of nitrogens with one attached hydrogen (secondary N) is 2. The van der Waals surface area contributed by atoms with Crippen LogP contribution in [0.15, 0.2) is 18.3 Å². The van der Waals surface area contributed by atoms with Gasteiger partial charge in [-0.05, 0) is 12.1 Å². The highest BCUT2D eigenvalue weighted by Crippen LogP contribution is 2.10. The van der Waals surface area contributed by atoms with E-state index in [1.165, 1.54) is 0 Å². The number of nitrogens with two attached hydrogens (primary N) is 1. The van der Waals surface area contributed by atoms with Crippen molar-refractivity contribution in [1.82, 2.24) is 4.98 Å². The van der Waals surface area contributed by atoms with Gasteiger partial charge in [0.2, 0.25) is 0 Å². The molecule has 76 valence electrons. The highest BCUT2D eigenvalue weighted by atomic mass is 16.5. The first-order chi connectivity index (χ1) is 6.75. The number of nitrogens with zero attached hydrogens (tertiary/aromatic N) is 1. The Morgan fingerprint density at radius 3 is 3.14 bits per heavy atom. The molecule has 0 saturated heterocycles. The van der Waals surface area contributed by atoms with E-state index in [1.54, 1.807) is 19.4 Å². The van der Waals surface area contributed by atoms with E-state index in [0.29, 0.717) is 18.8 Å². The van der Waals surface area contributed by atoms with E-state index in [1.807, 2.05) is 6.07 Å². The highest BCUT2D eigenvalue weighted by Gasteiger charge is 2.04. The van der Waals surface area contributed by atoms with Gasteiger partial charge in [0, 0.05) is 19.9 Å². The van der Waals surface area contributed by atoms with Crippen LogP contribution in [-0.2, 0) is 4.74 Å². The largest absolute Gasteiger partial charge is 0.383 e. The van der Waals surface area contributed by atoms with Gasteiger partial charge in [0.25, 0.3) is 0 Å². The van der Waals surface area contributed by atoms with Crippen molar-refractivity contribution in [3.05, 3.63) is 24.0 Å². The molecule has 4 N–H and O–H groups in total. The Kier molecular flexibility index (Phi) is 3.87. The number of hydrogen-bond acceptors (Lipinski definition) is 4. The highest BCUT2D eigenvalue weighted by molar-refractivity contribution is 5.98. The van der Waals surface area contributed by atoms with Crippen LogP contribution >= 0.6 is 0 Å². The predicted octanol–water partition coefficient (Wildman–Crippen LogP) is 0.424. The van der Waals surface area contributed by atoms with Gasteiger partial charge >= 0.3 is 0 Å². The molecule has 0 atom stereocenters. The third kappa shape index (κ3) is 2.70. The summed E-state index contributed by atoms with van der Waals surface area (Å²) in [5.41, 5.74) is 6.61. The number of methoxy groups -OCH3 is 1. The van der Waals surface area contributed by atoms with Crippen molar-refractivity contribution in [2.24, 2.45) is 5.73 Å². The van der Waals surface area contributed by atoms with Crippen LogP contribution in [0.5, 0.6) is 0 Å². The second kappa shape index (κ2) is 5.18. The summed E-state index contributed by atoms with van der Waals surface area (Å²) in [5.74, 6) is -0.0366. The Hall–Kier alpha value is -1.62. The lowest BCUT2D eigenvalue weighted by molar-refractivity contribution is 0.211. The Bertz CT molecular complexity index is 313. The molecule has 0 spiro atoms. The zero-order chi connectivity index (χ0) is 10.4. The molecule has 1 aromatic rings. The van der Waals surface area contributed by atoms with Crippen LogP contribution in [0.3, 0.4) is 0 Å². The molecule has 0 aliphatic carbocycles. The lowest BCUT2D eigenvalue weighted by atomic mass is 10.3. The van der Waals surface area contributed by atoms with Crippen LogP contribution < -0.4 is 11.1 Å². The van der Waals surface area contributed by atoms with Crippen LogP contribution in [0.4, 0.5) is 5.69 Å². The van der Waals surface area contributed by atoms with Crippen molar-refractivity contribution in [2.75, 3.05) is 25.6 Å². The summed E-state index contributed by atoms with van der Waals surface area (Å²) in [4.78, 5) is 4.00. The normalized spacial score (nSPS) is 9.79. The molecule has 0 amide bonds. The first-order valence-corrected chi connectivity index (χ1v) is 4.28. The summed E-state index contributed by atoms with van der Waals surface area (Å²) in [6, 6.07) is 3.63. The fourth-order valence-electron chi connectivity index (χ4n) is 1.05. The van der Waals surface area contributed by atoms with Crippen LogP contribution in [0.2, 0.25) is 0 Å². The summed E-state index contributed by atoms with van der Waals surface area (Å²) in [7, 11) is 1.64. The number of anilines is 1. The van der Waals surface area contributed by atoms with Crippen molar-refractivity contribution < 1.29 is 4.74 Å². The maximum Gasteiger partial charge on any atom is 0.143 e. The number of nitrogen functional groups attached to an aromatic ring is 1. The summed E-state index contributed by atoms with van der Waals surface area (Å²) in [6.07, 6.45) is 1.61. The monoisotopic (exact) mass is 194 g/mol. The van der Waals surface area contributed by atoms with Crippen molar-refractivity contribution >= 4 is 11.5 Å². The molecule has 1 heterocycles. The Labute approximate surface area is 82.8 Å². The van der Waals surface area contributed by atoms with Crippen LogP contribution in [0, 0.1) is 5.41 Å². The molecule has 0 bridgehead atoms. The zero-order valence-corrected chi connectivity index (χ0v) is 8.08. The summed E-state index contributed by atoms with van der Waals surface area (Å²) < 4.78 is 4.90. The Morgan fingerprint density at radius 2 is 2.50 bits per heavy atom. The number of hydrogen-bond donors (Lipinski definition) is 3. The number of pyridine rings is 1. The third-order valence-corrected chi connectivity index (χ3v) is 1.68. The van der Waals surface area contributed by atoms with E-state index in [4.69, 9.17) is 15.9 Å². The molecule has 0 aromatic carbocycles. The average Bonchev–Trinajstić information content (AvgIpc) is 2.19. The van der Waals surface area contributed by atoms with Crippen molar-refractivity contribution in [3.63, 3.8) is 0 Å².